The molecule has 0 bridgehead atoms. The van der Waals surface area contributed by atoms with E-state index in [1.807, 2.05) is 36.4 Å². The summed E-state index contributed by atoms with van der Waals surface area (Å²) >= 11 is 1.09. The molecule has 0 aromatic heterocycles. The molecule has 6 rings (SSSR count). The van der Waals surface area contributed by atoms with Gasteiger partial charge in [0.2, 0.25) is 0 Å². The number of nitrogens with one attached hydrogen (secondary N) is 1. The van der Waals surface area contributed by atoms with Crippen LogP contribution in [-0.2, 0) is 28.9 Å². The third-order valence-electron chi connectivity index (χ3n) is 7.40. The molecule has 6 aromatic carbocycles. The number of phenolic OH excluding ortho intramolecular Hbond substituents is 2. The van der Waals surface area contributed by atoms with Crippen LogP contribution in [-0.4, -0.2) is 33.7 Å². The molecule has 266 valence electrons. The molecule has 0 saturated carbocycles. The maximum Gasteiger partial charge on any atom is 0.295 e. The van der Waals surface area contributed by atoms with Gasteiger partial charge in [-0.05, 0) is 90.0 Å². The topological polar surface area (TPSA) is 234 Å². The van der Waals surface area contributed by atoms with Gasteiger partial charge in [0, 0.05) is 33.1 Å². The molecule has 0 aliphatic rings. The van der Waals surface area contributed by atoms with Gasteiger partial charge in [0.15, 0.2) is 5.75 Å². The van der Waals surface area contributed by atoms with Crippen molar-refractivity contribution < 1.29 is 52.4 Å². The van der Waals surface area contributed by atoms with E-state index in [-0.39, 0.29) is 43.7 Å². The highest BCUT2D eigenvalue weighted by Crippen LogP contribution is 2.45. The largest absolute Gasteiger partial charge is 0.506 e. The summed E-state index contributed by atoms with van der Waals surface area (Å²) in [7, 11) is -4.62. The molecule has 6 N–H and O–H groups in total. The molecule has 0 atom stereocenters. The minimum absolute atomic E-state index is 0.0235. The van der Waals surface area contributed by atoms with Crippen molar-refractivity contribution in [2.45, 2.75) is 21.6 Å². The van der Waals surface area contributed by atoms with Gasteiger partial charge in [-0.3, -0.25) is 4.55 Å². The predicted octanol–water partition coefficient (Wildman–Crippen LogP) is 10.4. The van der Waals surface area contributed by atoms with Crippen molar-refractivity contribution in [1.29, 1.82) is 0 Å². The molecular formula is C33H25N5O11S3. The number of azo groups is 2. The first-order valence-corrected chi connectivity index (χ1v) is 17.6. The van der Waals surface area contributed by atoms with Crippen molar-refractivity contribution in [3.8, 4) is 11.5 Å². The van der Waals surface area contributed by atoms with Crippen LogP contribution in [0.5, 0.6) is 11.5 Å². The Bertz CT molecular complexity index is 2450. The van der Waals surface area contributed by atoms with E-state index in [1.165, 1.54) is 36.4 Å². The number of phenols is 2. The maximum absolute atomic E-state index is 12.0. The lowest BCUT2D eigenvalue weighted by molar-refractivity contribution is -0.432. The van der Waals surface area contributed by atoms with Crippen molar-refractivity contribution in [3.63, 3.8) is 0 Å². The van der Waals surface area contributed by atoms with Crippen LogP contribution in [0.2, 0.25) is 0 Å². The van der Waals surface area contributed by atoms with Crippen LogP contribution in [0.15, 0.2) is 132 Å². The summed E-state index contributed by atoms with van der Waals surface area (Å²) in [5.74, 6) is -0.550. The summed E-state index contributed by atoms with van der Waals surface area (Å²) in [5, 5.41) is 68.3. The van der Waals surface area contributed by atoms with Crippen molar-refractivity contribution in [2.75, 3.05) is 5.32 Å². The average Bonchev–Trinajstić information content (AvgIpc) is 3.12. The lowest BCUT2D eigenvalue weighted by atomic mass is 10.1. The number of benzene rings is 6. The average molecular weight is 764 g/mol. The molecule has 16 nitrogen and oxygen atoms in total. The number of anilines is 2. The van der Waals surface area contributed by atoms with Gasteiger partial charge in [0.05, 0.1) is 40.4 Å². The number of para-hydroxylation sites is 1. The fraction of sp³-hybridized carbons (Fsp3) is 0.0303. The van der Waals surface area contributed by atoms with E-state index in [4.69, 9.17) is 10.5 Å². The van der Waals surface area contributed by atoms with E-state index < -0.39 is 15.0 Å². The Morgan fingerprint density at radius 3 is 2.15 bits per heavy atom. The van der Waals surface area contributed by atoms with Gasteiger partial charge in [0.1, 0.15) is 22.0 Å². The number of rotatable bonds is 13. The Morgan fingerprint density at radius 1 is 0.692 bits per heavy atom. The lowest BCUT2D eigenvalue weighted by Gasteiger charge is -2.12. The first kappa shape index (κ1) is 36.6. The van der Waals surface area contributed by atoms with Gasteiger partial charge in [-0.2, -0.15) is 18.6 Å². The SMILES string of the molecule is Cc1cc(N=Nc2c(SOOO)cc3cc(Nc4ccccc4)ccc3c2O)c(O)cc1N=Nc1ccc2c(S(=O)(=O)O)cc(SOOO)cc2c1. The molecule has 0 heterocycles. The second-order valence-electron chi connectivity index (χ2n) is 10.8. The standard InChI is InChI=1S/C33H25N5O11S3/c1-18-11-28(29(39)17-27(18)36-35-23-8-9-25-19(13-23)14-24(50-48-46-41)16-31(25)52(43,44)45)37-38-32-30(51-49-47-42)15-20-12-22(7-10-26(20)33(32)40)34-21-5-3-2-4-6-21/h2-17,34,39-42H,1H3,(H,43,44,45). The second-order valence-corrected chi connectivity index (χ2v) is 13.7. The minimum atomic E-state index is -4.62. The van der Waals surface area contributed by atoms with Crippen molar-refractivity contribution in [2.24, 2.45) is 20.5 Å². The van der Waals surface area contributed by atoms with Crippen LogP contribution in [0.4, 0.5) is 34.1 Å². The van der Waals surface area contributed by atoms with Crippen molar-refractivity contribution >= 4 is 89.9 Å². The first-order valence-electron chi connectivity index (χ1n) is 14.7. The molecule has 0 saturated heterocycles. The monoisotopic (exact) mass is 763 g/mol. The lowest BCUT2D eigenvalue weighted by Crippen LogP contribution is -1.99. The van der Waals surface area contributed by atoms with E-state index in [9.17, 15) is 23.2 Å². The quantitative estimate of drug-likeness (QED) is 0.0211. The highest BCUT2D eigenvalue weighted by molar-refractivity contribution is 7.95. The highest BCUT2D eigenvalue weighted by atomic mass is 32.2. The molecule has 0 spiro atoms. The molecule has 19 heteroatoms. The Balaban J connectivity index is 1.28. The summed E-state index contributed by atoms with van der Waals surface area (Å²) < 4.78 is 42.7. The third-order valence-corrected chi connectivity index (χ3v) is 9.47. The summed E-state index contributed by atoms with van der Waals surface area (Å²) in [6.07, 6.45) is 0. The van der Waals surface area contributed by atoms with Gasteiger partial charge in [-0.1, -0.05) is 34.3 Å². The zero-order valence-electron chi connectivity index (χ0n) is 26.4. The zero-order valence-corrected chi connectivity index (χ0v) is 28.9. The summed E-state index contributed by atoms with van der Waals surface area (Å²) in [6, 6.07) is 26.4. The number of nitrogens with zero attached hydrogens (tertiary/aromatic N) is 4. The van der Waals surface area contributed by atoms with E-state index in [0.717, 1.165) is 17.4 Å². The normalized spacial score (nSPS) is 12.1. The van der Waals surface area contributed by atoms with Gasteiger partial charge in [-0.15, -0.1) is 18.9 Å². The fourth-order valence-corrected chi connectivity index (χ4v) is 6.84. The van der Waals surface area contributed by atoms with E-state index in [1.54, 1.807) is 25.1 Å². The van der Waals surface area contributed by atoms with Crippen LogP contribution >= 0.6 is 24.1 Å². The number of aromatic hydroxyl groups is 2. The Morgan fingerprint density at radius 2 is 1.40 bits per heavy atom. The molecular weight excluding hydrogens is 739 g/mol. The Labute approximate surface area is 302 Å². The molecule has 0 aliphatic heterocycles. The number of hydrogen-bond acceptors (Lipinski definition) is 17. The number of hydrogen-bond donors (Lipinski definition) is 6. The van der Waals surface area contributed by atoms with Gasteiger partial charge in [-0.25, -0.2) is 10.5 Å². The smallest absolute Gasteiger partial charge is 0.295 e. The summed E-state index contributed by atoms with van der Waals surface area (Å²) in [4.78, 5) is 0.0293. The van der Waals surface area contributed by atoms with Crippen molar-refractivity contribution in [3.05, 3.63) is 103 Å². The van der Waals surface area contributed by atoms with Crippen LogP contribution in [0.3, 0.4) is 0 Å². The number of aryl methyl sites for hydroxylation is 1. The molecule has 52 heavy (non-hydrogen) atoms. The zero-order chi connectivity index (χ0) is 36.8. The summed E-state index contributed by atoms with van der Waals surface area (Å²) in [5.41, 5.74) is 2.74. The molecule has 0 unspecified atom stereocenters. The Kier molecular flexibility index (Phi) is 11.3. The first-order chi connectivity index (χ1) is 25.0. The van der Waals surface area contributed by atoms with Crippen LogP contribution in [0.25, 0.3) is 21.5 Å². The van der Waals surface area contributed by atoms with Crippen LogP contribution in [0.1, 0.15) is 5.56 Å². The number of fused-ring (bicyclic) bond motifs is 2. The van der Waals surface area contributed by atoms with E-state index in [2.05, 4.69) is 44.5 Å². The van der Waals surface area contributed by atoms with Gasteiger partial charge >= 0.3 is 0 Å². The molecule has 0 fully saturated rings. The predicted molar refractivity (Wildman–Crippen MR) is 192 cm³/mol. The third kappa shape index (κ3) is 8.46. The van der Waals surface area contributed by atoms with Crippen LogP contribution < -0.4 is 5.32 Å². The highest BCUT2D eigenvalue weighted by Gasteiger charge is 2.18. The maximum atomic E-state index is 12.0. The van der Waals surface area contributed by atoms with Gasteiger partial charge < -0.3 is 15.5 Å². The van der Waals surface area contributed by atoms with Crippen molar-refractivity contribution in [1.82, 2.24) is 0 Å². The second kappa shape index (κ2) is 16.0. The van der Waals surface area contributed by atoms with E-state index in [0.29, 0.717) is 51.5 Å². The van der Waals surface area contributed by atoms with Crippen LogP contribution in [0, 0.1) is 6.92 Å². The molecule has 0 radical (unpaired) electrons. The molecule has 6 aromatic rings. The fourth-order valence-electron chi connectivity index (χ4n) is 5.08. The molecule has 0 amide bonds. The molecule has 0 aliphatic carbocycles. The van der Waals surface area contributed by atoms with Gasteiger partial charge in [0.25, 0.3) is 10.1 Å². The Hall–Kier alpha value is -5.19. The van der Waals surface area contributed by atoms with E-state index >= 15 is 0 Å². The summed E-state index contributed by atoms with van der Waals surface area (Å²) in [6.45, 7) is 1.70. The minimum Gasteiger partial charge on any atom is -0.506 e.